The Morgan fingerprint density at radius 1 is 1.41 bits per heavy atom. The standard InChI is InChI=1S/C20H25N3O4/c1-4-20(2,3)18(24)19(25)23-10-6-8-16(23)17-15(22-13-27-17)12-26-14-7-5-9-21-11-14/h5,7,9,11,13,16H,4,6,8,10,12H2,1-3H3. The molecule has 0 saturated carbocycles. The molecule has 0 bridgehead atoms. The van der Waals surface area contributed by atoms with Crippen LogP contribution in [-0.2, 0) is 16.2 Å². The lowest BCUT2D eigenvalue weighted by Crippen LogP contribution is -2.42. The number of carbonyl (C=O) groups is 2. The Bertz CT molecular complexity index is 801. The molecule has 1 aliphatic heterocycles. The molecule has 2 aromatic rings. The number of aromatic nitrogens is 2. The third-order valence-electron chi connectivity index (χ3n) is 5.19. The van der Waals surface area contributed by atoms with Crippen LogP contribution in [0.25, 0.3) is 0 Å². The van der Waals surface area contributed by atoms with Gasteiger partial charge in [-0.05, 0) is 31.4 Å². The molecule has 3 heterocycles. The molecular formula is C20H25N3O4. The van der Waals surface area contributed by atoms with Crippen LogP contribution in [0.4, 0.5) is 0 Å². The molecule has 1 unspecified atom stereocenters. The summed E-state index contributed by atoms with van der Waals surface area (Å²) in [7, 11) is 0. The molecule has 7 heteroatoms. The number of Topliss-reactive ketones (excluding diaryl/α,β-unsaturated/α-hetero) is 1. The molecule has 27 heavy (non-hydrogen) atoms. The molecule has 0 N–H and O–H groups in total. The molecule has 1 fully saturated rings. The first-order valence-electron chi connectivity index (χ1n) is 9.24. The molecule has 1 amide bonds. The molecule has 0 aliphatic carbocycles. The molecule has 144 valence electrons. The Hall–Kier alpha value is -2.70. The van der Waals surface area contributed by atoms with Gasteiger partial charge in [-0.25, -0.2) is 4.98 Å². The minimum atomic E-state index is -0.669. The number of hydrogen-bond donors (Lipinski definition) is 0. The Balaban J connectivity index is 1.75. The van der Waals surface area contributed by atoms with Crippen LogP contribution in [0.1, 0.15) is 57.5 Å². The van der Waals surface area contributed by atoms with E-state index in [9.17, 15) is 9.59 Å². The number of ketones is 1. The van der Waals surface area contributed by atoms with Gasteiger partial charge in [0.05, 0.1) is 12.2 Å². The van der Waals surface area contributed by atoms with Crippen LogP contribution >= 0.6 is 0 Å². The Morgan fingerprint density at radius 2 is 2.22 bits per heavy atom. The van der Waals surface area contributed by atoms with Crippen LogP contribution in [0.5, 0.6) is 5.75 Å². The topological polar surface area (TPSA) is 85.5 Å². The predicted octanol–water partition coefficient (Wildman–Crippen LogP) is 3.32. The van der Waals surface area contributed by atoms with Gasteiger partial charge in [0.1, 0.15) is 18.1 Å². The minimum Gasteiger partial charge on any atom is -0.486 e. The van der Waals surface area contributed by atoms with E-state index in [1.807, 2.05) is 13.0 Å². The van der Waals surface area contributed by atoms with Gasteiger partial charge in [-0.3, -0.25) is 14.6 Å². The Labute approximate surface area is 158 Å². The zero-order chi connectivity index (χ0) is 19.4. The fraction of sp³-hybridized carbons (Fsp3) is 0.500. The monoisotopic (exact) mass is 371 g/mol. The van der Waals surface area contributed by atoms with Gasteiger partial charge in [0.2, 0.25) is 5.78 Å². The third-order valence-corrected chi connectivity index (χ3v) is 5.19. The van der Waals surface area contributed by atoms with Crippen molar-refractivity contribution in [3.05, 3.63) is 42.4 Å². The average Bonchev–Trinajstić information content (AvgIpc) is 3.34. The van der Waals surface area contributed by atoms with E-state index in [1.165, 1.54) is 6.39 Å². The smallest absolute Gasteiger partial charge is 0.291 e. The molecule has 3 rings (SSSR count). The summed E-state index contributed by atoms with van der Waals surface area (Å²) in [6, 6.07) is 3.31. The molecule has 1 saturated heterocycles. The summed E-state index contributed by atoms with van der Waals surface area (Å²) in [6.07, 6.45) is 6.82. The molecular weight excluding hydrogens is 346 g/mol. The van der Waals surface area contributed by atoms with E-state index in [0.717, 1.165) is 12.8 Å². The summed E-state index contributed by atoms with van der Waals surface area (Å²) in [6.45, 7) is 6.28. The SMILES string of the molecule is CCC(C)(C)C(=O)C(=O)N1CCCC1c1ocnc1COc1cccnc1. The lowest BCUT2D eigenvalue weighted by molar-refractivity contribution is -0.150. The highest BCUT2D eigenvalue weighted by molar-refractivity contribution is 6.38. The average molecular weight is 371 g/mol. The number of rotatable bonds is 7. The lowest BCUT2D eigenvalue weighted by atomic mass is 9.84. The quantitative estimate of drug-likeness (QED) is 0.694. The van der Waals surface area contributed by atoms with Crippen LogP contribution in [0.2, 0.25) is 0 Å². The molecule has 7 nitrogen and oxygen atoms in total. The number of amides is 1. The van der Waals surface area contributed by atoms with Crippen molar-refractivity contribution in [3.8, 4) is 5.75 Å². The van der Waals surface area contributed by atoms with Crippen molar-refractivity contribution < 1.29 is 18.7 Å². The van der Waals surface area contributed by atoms with Crippen LogP contribution in [0.15, 0.2) is 35.3 Å². The molecule has 2 aromatic heterocycles. The first-order chi connectivity index (χ1) is 12.9. The number of oxazole rings is 1. The number of carbonyl (C=O) groups excluding carboxylic acids is 2. The molecule has 0 spiro atoms. The fourth-order valence-electron chi connectivity index (χ4n) is 3.10. The third kappa shape index (κ3) is 4.02. The summed E-state index contributed by atoms with van der Waals surface area (Å²) in [5.41, 5.74) is -0.0384. The lowest BCUT2D eigenvalue weighted by Gasteiger charge is -2.27. The first kappa shape index (κ1) is 19.1. The van der Waals surface area contributed by atoms with E-state index in [-0.39, 0.29) is 18.4 Å². The molecule has 1 atom stereocenters. The highest BCUT2D eigenvalue weighted by Gasteiger charge is 2.41. The van der Waals surface area contributed by atoms with Crippen molar-refractivity contribution in [2.75, 3.05) is 6.54 Å². The van der Waals surface area contributed by atoms with E-state index in [2.05, 4.69) is 9.97 Å². The maximum atomic E-state index is 12.8. The van der Waals surface area contributed by atoms with Gasteiger partial charge in [0.15, 0.2) is 12.2 Å². The van der Waals surface area contributed by atoms with Crippen molar-refractivity contribution in [1.29, 1.82) is 0 Å². The largest absolute Gasteiger partial charge is 0.486 e. The van der Waals surface area contributed by atoms with Gasteiger partial charge >= 0.3 is 0 Å². The number of likely N-dealkylation sites (tertiary alicyclic amines) is 1. The Morgan fingerprint density at radius 3 is 2.93 bits per heavy atom. The molecule has 0 aromatic carbocycles. The van der Waals surface area contributed by atoms with E-state index >= 15 is 0 Å². The van der Waals surface area contributed by atoms with Crippen molar-refractivity contribution in [2.24, 2.45) is 5.41 Å². The second-order valence-corrected chi connectivity index (χ2v) is 7.36. The van der Waals surface area contributed by atoms with E-state index in [0.29, 0.717) is 30.2 Å². The van der Waals surface area contributed by atoms with Gasteiger partial charge in [-0.2, -0.15) is 0 Å². The summed E-state index contributed by atoms with van der Waals surface area (Å²) < 4.78 is 11.3. The van der Waals surface area contributed by atoms with Gasteiger partial charge in [0.25, 0.3) is 5.91 Å². The van der Waals surface area contributed by atoms with Gasteiger partial charge in [0, 0.05) is 18.2 Å². The fourth-order valence-corrected chi connectivity index (χ4v) is 3.10. The summed E-state index contributed by atoms with van der Waals surface area (Å²) in [5, 5.41) is 0. The number of hydrogen-bond acceptors (Lipinski definition) is 6. The Kier molecular flexibility index (Phi) is 5.58. The van der Waals surface area contributed by atoms with Crippen LogP contribution in [-0.4, -0.2) is 33.1 Å². The van der Waals surface area contributed by atoms with Crippen molar-refractivity contribution in [2.45, 2.75) is 52.7 Å². The zero-order valence-electron chi connectivity index (χ0n) is 16.0. The second-order valence-electron chi connectivity index (χ2n) is 7.36. The minimum absolute atomic E-state index is 0.213. The maximum absolute atomic E-state index is 12.8. The van der Waals surface area contributed by atoms with Gasteiger partial charge in [-0.15, -0.1) is 0 Å². The van der Waals surface area contributed by atoms with Crippen molar-refractivity contribution in [3.63, 3.8) is 0 Å². The summed E-state index contributed by atoms with van der Waals surface area (Å²) in [4.78, 5) is 35.3. The molecule has 0 radical (unpaired) electrons. The summed E-state index contributed by atoms with van der Waals surface area (Å²) in [5.74, 6) is 0.418. The number of nitrogens with zero attached hydrogens (tertiary/aromatic N) is 3. The van der Waals surface area contributed by atoms with E-state index in [1.54, 1.807) is 37.2 Å². The predicted molar refractivity (Wildman–Crippen MR) is 97.8 cm³/mol. The van der Waals surface area contributed by atoms with Crippen LogP contribution in [0, 0.1) is 5.41 Å². The van der Waals surface area contributed by atoms with Crippen molar-refractivity contribution in [1.82, 2.24) is 14.9 Å². The number of pyridine rings is 1. The normalized spacial score (nSPS) is 17.1. The maximum Gasteiger partial charge on any atom is 0.291 e. The van der Waals surface area contributed by atoms with Crippen LogP contribution < -0.4 is 4.74 Å². The zero-order valence-corrected chi connectivity index (χ0v) is 16.0. The van der Waals surface area contributed by atoms with Gasteiger partial charge < -0.3 is 14.1 Å². The van der Waals surface area contributed by atoms with E-state index in [4.69, 9.17) is 9.15 Å². The highest BCUT2D eigenvalue weighted by Crippen LogP contribution is 2.35. The van der Waals surface area contributed by atoms with E-state index < -0.39 is 11.3 Å². The van der Waals surface area contributed by atoms with Crippen molar-refractivity contribution >= 4 is 11.7 Å². The highest BCUT2D eigenvalue weighted by atomic mass is 16.5. The second kappa shape index (κ2) is 7.90. The summed E-state index contributed by atoms with van der Waals surface area (Å²) >= 11 is 0. The van der Waals surface area contributed by atoms with Crippen LogP contribution in [0.3, 0.4) is 0 Å². The van der Waals surface area contributed by atoms with Gasteiger partial charge in [-0.1, -0.05) is 20.8 Å². The number of ether oxygens (including phenoxy) is 1. The molecule has 1 aliphatic rings. The first-order valence-corrected chi connectivity index (χ1v) is 9.24.